The molecule has 0 radical (unpaired) electrons. The molecule has 148 valence electrons. The van der Waals surface area contributed by atoms with E-state index in [9.17, 15) is 13.2 Å². The Labute approximate surface area is 172 Å². The first-order valence-corrected chi connectivity index (χ1v) is 10.4. The van der Waals surface area contributed by atoms with E-state index in [-0.39, 0.29) is 22.4 Å². The molecule has 1 heterocycles. The lowest BCUT2D eigenvalue weighted by atomic mass is 10.2. The van der Waals surface area contributed by atoms with E-state index >= 15 is 0 Å². The highest BCUT2D eigenvalue weighted by Gasteiger charge is 2.18. The molecule has 0 aromatic heterocycles. The molecular formula is C20H15ClN2O5S. The second kappa shape index (κ2) is 7.65. The Morgan fingerprint density at radius 3 is 2.55 bits per heavy atom. The Bertz CT molecular complexity index is 1200. The molecule has 3 aromatic rings. The highest BCUT2D eigenvalue weighted by molar-refractivity contribution is 7.92. The third kappa shape index (κ3) is 4.13. The Balaban J connectivity index is 1.54. The number of nitrogens with one attached hydrogen (secondary N) is 2. The van der Waals surface area contributed by atoms with E-state index in [0.717, 1.165) is 0 Å². The Kier molecular flexibility index (Phi) is 5.04. The fourth-order valence-electron chi connectivity index (χ4n) is 2.73. The zero-order valence-electron chi connectivity index (χ0n) is 14.9. The molecule has 3 aromatic carbocycles. The molecule has 0 saturated heterocycles. The number of anilines is 2. The number of amides is 1. The third-order valence-corrected chi connectivity index (χ3v) is 5.85. The van der Waals surface area contributed by atoms with Gasteiger partial charge in [-0.2, -0.15) is 0 Å². The van der Waals surface area contributed by atoms with Gasteiger partial charge in [-0.25, -0.2) is 8.42 Å². The number of carbonyl (C=O) groups is 1. The number of rotatable bonds is 5. The van der Waals surface area contributed by atoms with Crippen LogP contribution in [0.4, 0.5) is 11.4 Å². The van der Waals surface area contributed by atoms with Gasteiger partial charge in [0.2, 0.25) is 6.79 Å². The lowest BCUT2D eigenvalue weighted by molar-refractivity contribution is 0.102. The summed E-state index contributed by atoms with van der Waals surface area (Å²) in [5.41, 5.74) is 0.954. The fraction of sp³-hybridized carbons (Fsp3) is 0.0500. The Hall–Kier alpha value is -3.23. The molecule has 1 aliphatic rings. The number of para-hydroxylation sites is 1. The summed E-state index contributed by atoms with van der Waals surface area (Å²) < 4.78 is 38.3. The maximum Gasteiger partial charge on any atom is 0.262 e. The predicted octanol–water partition coefficient (Wildman–Crippen LogP) is 4.12. The van der Waals surface area contributed by atoms with Gasteiger partial charge in [-0.05, 0) is 48.5 Å². The molecule has 0 fully saturated rings. The van der Waals surface area contributed by atoms with Gasteiger partial charge in [-0.15, -0.1) is 0 Å². The fourth-order valence-corrected chi connectivity index (χ4v) is 4.09. The molecule has 1 amide bonds. The lowest BCUT2D eigenvalue weighted by Gasteiger charge is -2.11. The SMILES string of the molecule is O=C(Nc1cccc(S(=O)(=O)Nc2ccccc2Cl)c1)c1ccc2c(c1)OCO2. The number of sulfonamides is 1. The van der Waals surface area contributed by atoms with Crippen LogP contribution in [-0.2, 0) is 10.0 Å². The first-order chi connectivity index (χ1) is 13.9. The zero-order valence-corrected chi connectivity index (χ0v) is 16.5. The van der Waals surface area contributed by atoms with Crippen LogP contribution in [0.2, 0.25) is 5.02 Å². The van der Waals surface area contributed by atoms with Gasteiger partial charge in [0, 0.05) is 11.3 Å². The van der Waals surface area contributed by atoms with Crippen molar-refractivity contribution in [3.8, 4) is 11.5 Å². The zero-order chi connectivity index (χ0) is 20.4. The van der Waals surface area contributed by atoms with E-state index in [4.69, 9.17) is 21.1 Å². The average molecular weight is 431 g/mol. The molecule has 7 nitrogen and oxygen atoms in total. The minimum Gasteiger partial charge on any atom is -0.454 e. The molecule has 0 saturated carbocycles. The first kappa shape index (κ1) is 19.1. The molecular weight excluding hydrogens is 416 g/mol. The standard InChI is InChI=1S/C20H15ClN2O5S/c21-16-6-1-2-7-17(16)23-29(25,26)15-5-3-4-14(11-15)22-20(24)13-8-9-18-19(10-13)28-12-27-18/h1-11,23H,12H2,(H,22,24). The van der Waals surface area contributed by atoms with Crippen molar-refractivity contribution >= 4 is 38.9 Å². The van der Waals surface area contributed by atoms with Gasteiger partial charge in [0.05, 0.1) is 15.6 Å². The highest BCUT2D eigenvalue weighted by atomic mass is 35.5. The lowest BCUT2D eigenvalue weighted by Crippen LogP contribution is -2.15. The molecule has 0 atom stereocenters. The van der Waals surface area contributed by atoms with Crippen LogP contribution in [-0.4, -0.2) is 21.1 Å². The van der Waals surface area contributed by atoms with Crippen molar-refractivity contribution in [3.05, 3.63) is 77.3 Å². The number of carbonyl (C=O) groups excluding carboxylic acids is 1. The van der Waals surface area contributed by atoms with E-state index in [1.807, 2.05) is 0 Å². The summed E-state index contributed by atoms with van der Waals surface area (Å²) in [5, 5.41) is 2.96. The summed E-state index contributed by atoms with van der Waals surface area (Å²) in [4.78, 5) is 12.5. The Morgan fingerprint density at radius 2 is 1.72 bits per heavy atom. The molecule has 1 aliphatic heterocycles. The average Bonchev–Trinajstić information content (AvgIpc) is 3.18. The molecule has 29 heavy (non-hydrogen) atoms. The summed E-state index contributed by atoms with van der Waals surface area (Å²) in [7, 11) is -3.89. The van der Waals surface area contributed by atoms with Gasteiger partial charge >= 0.3 is 0 Å². The minimum absolute atomic E-state index is 0.0130. The molecule has 2 N–H and O–H groups in total. The first-order valence-electron chi connectivity index (χ1n) is 8.51. The van der Waals surface area contributed by atoms with E-state index in [2.05, 4.69) is 10.0 Å². The van der Waals surface area contributed by atoms with Crippen LogP contribution in [0.3, 0.4) is 0 Å². The van der Waals surface area contributed by atoms with Gasteiger partial charge < -0.3 is 14.8 Å². The van der Waals surface area contributed by atoms with Gasteiger partial charge in [0.15, 0.2) is 11.5 Å². The van der Waals surface area contributed by atoms with Crippen LogP contribution in [0.5, 0.6) is 11.5 Å². The summed E-state index contributed by atoms with van der Waals surface area (Å²) >= 11 is 6.02. The largest absolute Gasteiger partial charge is 0.454 e. The van der Waals surface area contributed by atoms with Crippen LogP contribution in [0.25, 0.3) is 0 Å². The van der Waals surface area contributed by atoms with E-state index < -0.39 is 15.9 Å². The molecule has 0 unspecified atom stereocenters. The van der Waals surface area contributed by atoms with E-state index in [1.165, 1.54) is 18.2 Å². The predicted molar refractivity (Wildman–Crippen MR) is 109 cm³/mol. The minimum atomic E-state index is -3.89. The number of hydrogen-bond donors (Lipinski definition) is 2. The second-order valence-electron chi connectivity index (χ2n) is 6.14. The van der Waals surface area contributed by atoms with Crippen molar-refractivity contribution in [2.45, 2.75) is 4.90 Å². The van der Waals surface area contributed by atoms with E-state index in [1.54, 1.807) is 48.5 Å². The number of ether oxygens (including phenoxy) is 2. The molecule has 0 bridgehead atoms. The van der Waals surface area contributed by atoms with Crippen molar-refractivity contribution in [3.63, 3.8) is 0 Å². The van der Waals surface area contributed by atoms with Crippen LogP contribution >= 0.6 is 11.6 Å². The van der Waals surface area contributed by atoms with E-state index in [0.29, 0.717) is 22.7 Å². The third-order valence-electron chi connectivity index (χ3n) is 4.16. The van der Waals surface area contributed by atoms with Crippen LogP contribution in [0.1, 0.15) is 10.4 Å². The van der Waals surface area contributed by atoms with Crippen molar-refractivity contribution < 1.29 is 22.7 Å². The van der Waals surface area contributed by atoms with Crippen molar-refractivity contribution in [1.29, 1.82) is 0 Å². The normalized spacial score (nSPS) is 12.4. The number of benzene rings is 3. The number of halogens is 1. The van der Waals surface area contributed by atoms with Gasteiger partial charge in [0.25, 0.3) is 15.9 Å². The van der Waals surface area contributed by atoms with Gasteiger partial charge in [0.1, 0.15) is 0 Å². The van der Waals surface area contributed by atoms with Crippen molar-refractivity contribution in [1.82, 2.24) is 0 Å². The smallest absolute Gasteiger partial charge is 0.262 e. The molecule has 0 spiro atoms. The summed E-state index contributed by atoms with van der Waals surface area (Å²) in [6.45, 7) is 0.110. The van der Waals surface area contributed by atoms with Gasteiger partial charge in [-0.1, -0.05) is 29.8 Å². The van der Waals surface area contributed by atoms with Crippen LogP contribution in [0, 0.1) is 0 Å². The van der Waals surface area contributed by atoms with Crippen molar-refractivity contribution in [2.24, 2.45) is 0 Å². The summed E-state index contributed by atoms with van der Waals surface area (Å²) in [5.74, 6) is 0.648. The summed E-state index contributed by atoms with van der Waals surface area (Å²) in [6.07, 6.45) is 0. The topological polar surface area (TPSA) is 93.7 Å². The van der Waals surface area contributed by atoms with Crippen molar-refractivity contribution in [2.75, 3.05) is 16.8 Å². The monoisotopic (exact) mass is 430 g/mol. The summed E-state index contributed by atoms with van der Waals surface area (Å²) in [6, 6.07) is 17.3. The second-order valence-corrected chi connectivity index (χ2v) is 8.22. The maximum atomic E-state index is 12.7. The molecule has 4 rings (SSSR count). The Morgan fingerprint density at radius 1 is 0.931 bits per heavy atom. The highest BCUT2D eigenvalue weighted by Crippen LogP contribution is 2.32. The molecule has 0 aliphatic carbocycles. The van der Waals surface area contributed by atoms with Crippen LogP contribution < -0.4 is 19.5 Å². The quantitative estimate of drug-likeness (QED) is 0.635. The molecule has 9 heteroatoms. The van der Waals surface area contributed by atoms with Crippen LogP contribution in [0.15, 0.2) is 71.6 Å². The van der Waals surface area contributed by atoms with Gasteiger partial charge in [-0.3, -0.25) is 9.52 Å². The number of fused-ring (bicyclic) bond motifs is 1. The maximum absolute atomic E-state index is 12.7. The number of hydrogen-bond acceptors (Lipinski definition) is 5.